The van der Waals surface area contributed by atoms with E-state index >= 15 is 0 Å². The molecule has 1 amide bonds. The Labute approximate surface area is 148 Å². The Bertz CT molecular complexity index is 678. The summed E-state index contributed by atoms with van der Waals surface area (Å²) >= 11 is 0. The minimum absolute atomic E-state index is 0.112. The number of para-hydroxylation sites is 1. The van der Waals surface area contributed by atoms with Gasteiger partial charge in [-0.15, -0.1) is 0 Å². The van der Waals surface area contributed by atoms with E-state index in [0.29, 0.717) is 31.9 Å². The zero-order valence-corrected chi connectivity index (χ0v) is 14.5. The first-order valence-corrected chi connectivity index (χ1v) is 8.76. The highest BCUT2D eigenvalue weighted by Gasteiger charge is 2.29. The number of carbonyl (C=O) groups excluding carboxylic acids is 1. The van der Waals surface area contributed by atoms with Crippen LogP contribution >= 0.6 is 0 Å². The molecule has 1 aliphatic rings. The standard InChI is InChI=1S/C19H25N3O3/c1-21-13-10-20-19(21)18(24)15-7-11-22(12-8-15)17(23)9-14-25-16-5-3-2-4-6-16/h2-6,10,13,15,18,24H,7-9,11-12,14H2,1H3. The van der Waals surface area contributed by atoms with Crippen molar-refractivity contribution in [3.63, 3.8) is 0 Å². The number of rotatable bonds is 6. The molecule has 1 aliphatic heterocycles. The van der Waals surface area contributed by atoms with Gasteiger partial charge in [0.25, 0.3) is 0 Å². The van der Waals surface area contributed by atoms with Gasteiger partial charge in [0.1, 0.15) is 17.7 Å². The van der Waals surface area contributed by atoms with Crippen molar-refractivity contribution in [3.05, 3.63) is 48.5 Å². The predicted octanol–water partition coefficient (Wildman–Crippen LogP) is 2.16. The fourth-order valence-corrected chi connectivity index (χ4v) is 3.27. The number of ether oxygens (including phenoxy) is 1. The largest absolute Gasteiger partial charge is 0.493 e. The molecule has 1 aromatic carbocycles. The number of amides is 1. The summed E-state index contributed by atoms with van der Waals surface area (Å²) in [6.07, 6.45) is 4.92. The van der Waals surface area contributed by atoms with Gasteiger partial charge in [0.05, 0.1) is 13.0 Å². The molecule has 0 saturated carbocycles. The van der Waals surface area contributed by atoms with Crippen LogP contribution in [0.25, 0.3) is 0 Å². The normalized spacial score (nSPS) is 16.6. The number of likely N-dealkylation sites (tertiary alicyclic amines) is 1. The van der Waals surface area contributed by atoms with Crippen LogP contribution in [-0.2, 0) is 11.8 Å². The monoisotopic (exact) mass is 343 g/mol. The van der Waals surface area contributed by atoms with E-state index in [0.717, 1.165) is 18.6 Å². The van der Waals surface area contributed by atoms with Gasteiger partial charge >= 0.3 is 0 Å². The molecule has 1 saturated heterocycles. The minimum atomic E-state index is -0.571. The zero-order chi connectivity index (χ0) is 17.6. The summed E-state index contributed by atoms with van der Waals surface area (Å²) in [5.74, 6) is 1.74. The molecule has 6 heteroatoms. The van der Waals surface area contributed by atoms with E-state index in [1.54, 1.807) is 6.20 Å². The number of aliphatic hydroxyl groups excluding tert-OH is 1. The molecule has 1 aromatic heterocycles. The fraction of sp³-hybridized carbons (Fsp3) is 0.474. The first-order valence-electron chi connectivity index (χ1n) is 8.76. The van der Waals surface area contributed by atoms with Crippen molar-refractivity contribution in [2.24, 2.45) is 13.0 Å². The van der Waals surface area contributed by atoms with Crippen molar-refractivity contribution >= 4 is 5.91 Å². The average Bonchev–Trinajstić information content (AvgIpc) is 3.08. The van der Waals surface area contributed by atoms with Gasteiger partial charge in [-0.3, -0.25) is 4.79 Å². The van der Waals surface area contributed by atoms with Crippen LogP contribution in [0.1, 0.15) is 31.2 Å². The maximum absolute atomic E-state index is 12.3. The molecule has 134 valence electrons. The van der Waals surface area contributed by atoms with Crippen LogP contribution in [-0.4, -0.2) is 45.2 Å². The lowest BCUT2D eigenvalue weighted by molar-refractivity contribution is -0.133. The zero-order valence-electron chi connectivity index (χ0n) is 14.5. The van der Waals surface area contributed by atoms with E-state index in [1.165, 1.54) is 0 Å². The number of aromatic nitrogens is 2. The number of hydrogen-bond acceptors (Lipinski definition) is 4. The van der Waals surface area contributed by atoms with E-state index in [4.69, 9.17) is 4.74 Å². The molecule has 2 aromatic rings. The lowest BCUT2D eigenvalue weighted by Crippen LogP contribution is -2.40. The lowest BCUT2D eigenvalue weighted by atomic mass is 9.90. The summed E-state index contributed by atoms with van der Waals surface area (Å²) in [6, 6.07) is 9.52. The molecule has 25 heavy (non-hydrogen) atoms. The average molecular weight is 343 g/mol. The first-order chi connectivity index (χ1) is 12.1. The second kappa shape index (κ2) is 8.16. The van der Waals surface area contributed by atoms with Gasteiger partial charge in [0, 0.05) is 32.5 Å². The summed E-state index contributed by atoms with van der Waals surface area (Å²) in [7, 11) is 1.89. The second-order valence-electron chi connectivity index (χ2n) is 6.47. The van der Waals surface area contributed by atoms with Crippen LogP contribution < -0.4 is 4.74 Å². The van der Waals surface area contributed by atoms with E-state index in [1.807, 2.05) is 53.0 Å². The maximum Gasteiger partial charge on any atom is 0.225 e. The molecular formula is C19H25N3O3. The van der Waals surface area contributed by atoms with Gasteiger partial charge in [-0.05, 0) is 30.9 Å². The van der Waals surface area contributed by atoms with Crippen LogP contribution in [0.5, 0.6) is 5.75 Å². The highest BCUT2D eigenvalue weighted by atomic mass is 16.5. The Hall–Kier alpha value is -2.34. The molecular weight excluding hydrogens is 318 g/mol. The van der Waals surface area contributed by atoms with E-state index in [2.05, 4.69) is 4.98 Å². The molecule has 0 aliphatic carbocycles. The number of nitrogens with zero attached hydrogens (tertiary/aromatic N) is 3. The van der Waals surface area contributed by atoms with Gasteiger partial charge < -0.3 is 19.3 Å². The van der Waals surface area contributed by atoms with Gasteiger partial charge in [-0.25, -0.2) is 4.98 Å². The minimum Gasteiger partial charge on any atom is -0.493 e. The number of imidazole rings is 1. The number of aliphatic hydroxyl groups is 1. The molecule has 0 spiro atoms. The summed E-state index contributed by atoms with van der Waals surface area (Å²) in [4.78, 5) is 18.4. The van der Waals surface area contributed by atoms with Crippen molar-refractivity contribution in [3.8, 4) is 5.75 Å². The molecule has 1 unspecified atom stereocenters. The lowest BCUT2D eigenvalue weighted by Gasteiger charge is -2.34. The van der Waals surface area contributed by atoms with Crippen LogP contribution in [0.3, 0.4) is 0 Å². The Morgan fingerprint density at radius 3 is 2.68 bits per heavy atom. The molecule has 6 nitrogen and oxygen atoms in total. The van der Waals surface area contributed by atoms with Crippen LogP contribution in [0, 0.1) is 5.92 Å². The third-order valence-electron chi connectivity index (χ3n) is 4.79. The number of piperidine rings is 1. The van der Waals surface area contributed by atoms with Crippen molar-refractivity contribution in [2.45, 2.75) is 25.4 Å². The molecule has 1 atom stereocenters. The number of aryl methyl sites for hydroxylation is 1. The Balaban J connectivity index is 1.42. The van der Waals surface area contributed by atoms with Crippen LogP contribution in [0.4, 0.5) is 0 Å². The molecule has 0 bridgehead atoms. The van der Waals surface area contributed by atoms with E-state index in [-0.39, 0.29) is 11.8 Å². The highest BCUT2D eigenvalue weighted by Crippen LogP contribution is 2.29. The van der Waals surface area contributed by atoms with E-state index in [9.17, 15) is 9.90 Å². The van der Waals surface area contributed by atoms with Crippen molar-refractivity contribution in [1.82, 2.24) is 14.5 Å². The molecule has 0 radical (unpaired) electrons. The van der Waals surface area contributed by atoms with Crippen molar-refractivity contribution in [1.29, 1.82) is 0 Å². The van der Waals surface area contributed by atoms with Gasteiger partial charge in [-0.2, -0.15) is 0 Å². The second-order valence-corrected chi connectivity index (χ2v) is 6.47. The summed E-state index contributed by atoms with van der Waals surface area (Å²) in [5, 5.41) is 10.5. The maximum atomic E-state index is 12.3. The number of benzene rings is 1. The Morgan fingerprint density at radius 2 is 2.04 bits per heavy atom. The van der Waals surface area contributed by atoms with Gasteiger partial charge in [0.2, 0.25) is 5.91 Å². The van der Waals surface area contributed by atoms with Gasteiger partial charge in [-0.1, -0.05) is 18.2 Å². The highest BCUT2D eigenvalue weighted by molar-refractivity contribution is 5.76. The molecule has 2 heterocycles. The van der Waals surface area contributed by atoms with Crippen LogP contribution in [0.2, 0.25) is 0 Å². The van der Waals surface area contributed by atoms with E-state index < -0.39 is 6.10 Å². The topological polar surface area (TPSA) is 67.6 Å². The summed E-state index contributed by atoms with van der Waals surface area (Å²) in [6.45, 7) is 1.74. The summed E-state index contributed by atoms with van der Waals surface area (Å²) in [5.41, 5.74) is 0. The summed E-state index contributed by atoms with van der Waals surface area (Å²) < 4.78 is 7.44. The number of carbonyl (C=O) groups is 1. The van der Waals surface area contributed by atoms with Crippen molar-refractivity contribution < 1.29 is 14.6 Å². The molecule has 1 fully saturated rings. The third kappa shape index (κ3) is 4.39. The van der Waals surface area contributed by atoms with Gasteiger partial charge in [0.15, 0.2) is 0 Å². The molecule has 1 N–H and O–H groups in total. The fourth-order valence-electron chi connectivity index (χ4n) is 3.27. The smallest absolute Gasteiger partial charge is 0.225 e. The first kappa shape index (κ1) is 17.5. The Morgan fingerprint density at radius 1 is 1.32 bits per heavy atom. The van der Waals surface area contributed by atoms with Crippen LogP contribution in [0.15, 0.2) is 42.7 Å². The van der Waals surface area contributed by atoms with Crippen molar-refractivity contribution in [2.75, 3.05) is 19.7 Å². The third-order valence-corrected chi connectivity index (χ3v) is 4.79. The predicted molar refractivity (Wildman–Crippen MR) is 94.0 cm³/mol. The molecule has 3 rings (SSSR count). The number of hydrogen-bond donors (Lipinski definition) is 1. The SMILES string of the molecule is Cn1ccnc1C(O)C1CCN(C(=O)CCOc2ccccc2)CC1. The quantitative estimate of drug-likeness (QED) is 0.873. The Kier molecular flexibility index (Phi) is 5.71.